The van der Waals surface area contributed by atoms with Crippen molar-refractivity contribution < 1.29 is 23.8 Å². The minimum absolute atomic E-state index is 0.109. The van der Waals surface area contributed by atoms with E-state index in [4.69, 9.17) is 19.2 Å². The number of nitrogens with one attached hydrogen (secondary N) is 1. The SMILES string of the molecule is C=CCN(CC(=O)Nc1nc(-c2ccc(OC)cc2)cn1-c1ccc(C)cc1)C(=O)c1ccc2c(c1)OCO2. The third kappa shape index (κ3) is 5.62. The molecule has 0 aliphatic carbocycles. The molecule has 1 aromatic heterocycles. The Bertz CT molecular complexity index is 1510. The Morgan fingerprint density at radius 2 is 1.82 bits per heavy atom. The second kappa shape index (κ2) is 11.1. The van der Waals surface area contributed by atoms with Crippen LogP contribution in [0.15, 0.2) is 85.6 Å². The molecule has 0 unspecified atom stereocenters. The van der Waals surface area contributed by atoms with Crippen LogP contribution in [-0.2, 0) is 4.79 Å². The largest absolute Gasteiger partial charge is 0.497 e. The van der Waals surface area contributed by atoms with Gasteiger partial charge < -0.3 is 19.1 Å². The summed E-state index contributed by atoms with van der Waals surface area (Å²) in [4.78, 5) is 32.6. The Morgan fingerprint density at radius 1 is 1.08 bits per heavy atom. The Labute approximate surface area is 226 Å². The highest BCUT2D eigenvalue weighted by Crippen LogP contribution is 2.33. The predicted molar refractivity (Wildman–Crippen MR) is 148 cm³/mol. The summed E-state index contributed by atoms with van der Waals surface area (Å²) in [5.74, 6) is 1.42. The average Bonchev–Trinajstić information content (AvgIpc) is 3.60. The van der Waals surface area contributed by atoms with Gasteiger partial charge in [-0.3, -0.25) is 19.5 Å². The molecule has 9 nitrogen and oxygen atoms in total. The fourth-order valence-corrected chi connectivity index (χ4v) is 4.20. The molecule has 198 valence electrons. The van der Waals surface area contributed by atoms with Crippen molar-refractivity contribution in [3.8, 4) is 34.2 Å². The summed E-state index contributed by atoms with van der Waals surface area (Å²) in [5, 5.41) is 2.89. The highest BCUT2D eigenvalue weighted by atomic mass is 16.7. The van der Waals surface area contributed by atoms with Gasteiger partial charge in [0.05, 0.1) is 12.8 Å². The van der Waals surface area contributed by atoms with Gasteiger partial charge in [-0.25, -0.2) is 4.98 Å². The minimum Gasteiger partial charge on any atom is -0.497 e. The van der Waals surface area contributed by atoms with Gasteiger partial charge in [0.1, 0.15) is 12.3 Å². The molecule has 0 fully saturated rings. The molecule has 1 aliphatic rings. The van der Waals surface area contributed by atoms with Crippen LogP contribution in [0.5, 0.6) is 17.2 Å². The lowest BCUT2D eigenvalue weighted by atomic mass is 10.1. The number of ether oxygens (including phenoxy) is 3. The molecule has 9 heteroatoms. The van der Waals surface area contributed by atoms with Crippen molar-refractivity contribution in [2.45, 2.75) is 6.92 Å². The quantitative estimate of drug-likeness (QED) is 0.315. The first-order valence-electron chi connectivity index (χ1n) is 12.4. The maximum atomic E-state index is 13.3. The molecule has 0 saturated heterocycles. The second-order valence-corrected chi connectivity index (χ2v) is 8.97. The summed E-state index contributed by atoms with van der Waals surface area (Å²) < 4.78 is 17.8. The number of benzene rings is 3. The number of carbonyl (C=O) groups is 2. The zero-order chi connectivity index (χ0) is 27.4. The summed E-state index contributed by atoms with van der Waals surface area (Å²) in [6.45, 7) is 5.85. The monoisotopic (exact) mass is 524 g/mol. The van der Waals surface area contributed by atoms with Crippen LogP contribution in [0.1, 0.15) is 15.9 Å². The van der Waals surface area contributed by atoms with Crippen LogP contribution in [0.25, 0.3) is 16.9 Å². The molecule has 39 heavy (non-hydrogen) atoms. The summed E-state index contributed by atoms with van der Waals surface area (Å²) in [7, 11) is 1.61. The van der Waals surface area contributed by atoms with Crippen molar-refractivity contribution in [1.29, 1.82) is 0 Å². The molecule has 0 radical (unpaired) electrons. The summed E-state index contributed by atoms with van der Waals surface area (Å²) in [5.41, 5.74) is 3.87. The van der Waals surface area contributed by atoms with E-state index in [1.165, 1.54) is 4.90 Å². The number of carbonyl (C=O) groups excluding carboxylic acids is 2. The van der Waals surface area contributed by atoms with E-state index in [-0.39, 0.29) is 25.8 Å². The molecule has 0 atom stereocenters. The highest BCUT2D eigenvalue weighted by Gasteiger charge is 2.23. The average molecular weight is 525 g/mol. The van der Waals surface area contributed by atoms with Crippen molar-refractivity contribution in [3.05, 3.63) is 96.7 Å². The maximum Gasteiger partial charge on any atom is 0.254 e. The fraction of sp³-hybridized carbons (Fsp3) is 0.167. The number of imidazole rings is 1. The van der Waals surface area contributed by atoms with Gasteiger partial charge in [-0.1, -0.05) is 23.8 Å². The third-order valence-corrected chi connectivity index (χ3v) is 6.25. The normalized spacial score (nSPS) is 11.6. The highest BCUT2D eigenvalue weighted by molar-refractivity contribution is 5.99. The molecule has 4 aromatic rings. The van der Waals surface area contributed by atoms with Crippen molar-refractivity contribution >= 4 is 17.8 Å². The number of amides is 2. The number of fused-ring (bicyclic) bond motifs is 1. The molecule has 0 bridgehead atoms. The van der Waals surface area contributed by atoms with Gasteiger partial charge in [-0.2, -0.15) is 0 Å². The number of aromatic nitrogens is 2. The van der Waals surface area contributed by atoms with E-state index in [0.717, 1.165) is 22.6 Å². The standard InChI is InChI=1S/C30H28N4O5/c1-4-15-33(29(36)22-9-14-26-27(16-22)39-19-38-26)18-28(35)32-30-31-25(21-7-12-24(37-3)13-8-21)17-34(30)23-10-5-20(2)6-11-23/h4-14,16-17H,1,15,18-19H2,2-3H3,(H,31,32,35). The van der Waals surface area contributed by atoms with Crippen LogP contribution in [0.3, 0.4) is 0 Å². The number of hydrogen-bond acceptors (Lipinski definition) is 6. The molecule has 2 heterocycles. The Morgan fingerprint density at radius 3 is 2.54 bits per heavy atom. The van der Waals surface area contributed by atoms with E-state index in [1.807, 2.05) is 66.2 Å². The molecule has 2 amide bonds. The van der Waals surface area contributed by atoms with Crippen LogP contribution < -0.4 is 19.5 Å². The molecular formula is C30H28N4O5. The van der Waals surface area contributed by atoms with Crippen LogP contribution in [0, 0.1) is 6.92 Å². The summed E-state index contributed by atoms with van der Waals surface area (Å²) >= 11 is 0. The first kappa shape index (κ1) is 25.6. The summed E-state index contributed by atoms with van der Waals surface area (Å²) in [6.07, 6.45) is 3.44. The molecule has 0 saturated carbocycles. The molecular weight excluding hydrogens is 496 g/mol. The Kier molecular flexibility index (Phi) is 7.31. The second-order valence-electron chi connectivity index (χ2n) is 8.97. The van der Waals surface area contributed by atoms with Gasteiger partial charge in [0.15, 0.2) is 11.5 Å². The van der Waals surface area contributed by atoms with Crippen molar-refractivity contribution in [3.63, 3.8) is 0 Å². The predicted octanol–water partition coefficient (Wildman–Crippen LogP) is 4.85. The Hall–Kier alpha value is -5.05. The molecule has 1 N–H and O–H groups in total. The summed E-state index contributed by atoms with van der Waals surface area (Å²) in [6, 6.07) is 20.4. The van der Waals surface area contributed by atoms with Crippen molar-refractivity contribution in [2.75, 3.05) is 32.3 Å². The van der Waals surface area contributed by atoms with Crippen LogP contribution in [0.2, 0.25) is 0 Å². The van der Waals surface area contributed by atoms with Gasteiger partial charge in [-0.15, -0.1) is 6.58 Å². The number of anilines is 1. The van der Waals surface area contributed by atoms with Gasteiger partial charge in [0.2, 0.25) is 18.6 Å². The molecule has 0 spiro atoms. The number of aryl methyl sites for hydroxylation is 1. The first-order valence-corrected chi connectivity index (χ1v) is 12.4. The number of nitrogens with zero attached hydrogens (tertiary/aromatic N) is 3. The topological polar surface area (TPSA) is 94.9 Å². The van der Waals surface area contributed by atoms with E-state index in [0.29, 0.717) is 28.7 Å². The molecule has 5 rings (SSSR count). The number of methoxy groups -OCH3 is 1. The lowest BCUT2D eigenvalue weighted by molar-refractivity contribution is -0.116. The fourth-order valence-electron chi connectivity index (χ4n) is 4.20. The van der Waals surface area contributed by atoms with Gasteiger partial charge in [0, 0.05) is 29.6 Å². The number of hydrogen-bond donors (Lipinski definition) is 1. The zero-order valence-corrected chi connectivity index (χ0v) is 21.7. The first-order chi connectivity index (χ1) is 18.9. The van der Waals surface area contributed by atoms with E-state index >= 15 is 0 Å². The third-order valence-electron chi connectivity index (χ3n) is 6.25. The van der Waals surface area contributed by atoms with Gasteiger partial charge in [-0.05, 0) is 61.5 Å². The van der Waals surface area contributed by atoms with Crippen LogP contribution >= 0.6 is 0 Å². The van der Waals surface area contributed by atoms with Crippen LogP contribution in [0.4, 0.5) is 5.95 Å². The Balaban J connectivity index is 1.39. The molecule has 1 aliphatic heterocycles. The minimum atomic E-state index is -0.397. The van der Waals surface area contributed by atoms with Gasteiger partial charge in [0.25, 0.3) is 5.91 Å². The molecule has 3 aromatic carbocycles. The van der Waals surface area contributed by atoms with Crippen LogP contribution in [-0.4, -0.2) is 53.3 Å². The lowest BCUT2D eigenvalue weighted by Crippen LogP contribution is -2.38. The number of rotatable bonds is 9. The van der Waals surface area contributed by atoms with E-state index in [2.05, 4.69) is 11.9 Å². The maximum absolute atomic E-state index is 13.3. The van der Waals surface area contributed by atoms with E-state index < -0.39 is 5.91 Å². The lowest BCUT2D eigenvalue weighted by Gasteiger charge is -2.21. The van der Waals surface area contributed by atoms with E-state index in [9.17, 15) is 9.59 Å². The zero-order valence-electron chi connectivity index (χ0n) is 21.7. The van der Waals surface area contributed by atoms with Crippen molar-refractivity contribution in [1.82, 2.24) is 14.5 Å². The smallest absolute Gasteiger partial charge is 0.254 e. The van der Waals surface area contributed by atoms with Crippen molar-refractivity contribution in [2.24, 2.45) is 0 Å². The van der Waals surface area contributed by atoms with Gasteiger partial charge >= 0.3 is 0 Å². The van der Waals surface area contributed by atoms with E-state index in [1.54, 1.807) is 31.4 Å².